The molecule has 6 nitrogen and oxygen atoms in total. The molecule has 0 unspecified atom stereocenters. The van der Waals surface area contributed by atoms with Gasteiger partial charge < -0.3 is 5.32 Å². The first-order valence-corrected chi connectivity index (χ1v) is 8.54. The van der Waals surface area contributed by atoms with Crippen LogP contribution in [0.4, 0.5) is 10.2 Å². The number of rotatable bonds is 5. The van der Waals surface area contributed by atoms with E-state index >= 15 is 0 Å². The Labute approximate surface area is 156 Å². The topological polar surface area (TPSA) is 64.7 Å². The molecule has 2 aromatic heterocycles. The molecule has 0 atom stereocenters. The van der Waals surface area contributed by atoms with E-state index in [-0.39, 0.29) is 18.3 Å². The number of carbonyl (C=O) groups excluding carboxylic acids is 1. The summed E-state index contributed by atoms with van der Waals surface area (Å²) in [5.74, 6) is -0.184. The fourth-order valence-corrected chi connectivity index (χ4v) is 2.85. The number of carbonyl (C=O) groups is 1. The average molecular weight is 427 g/mol. The van der Waals surface area contributed by atoms with Gasteiger partial charge in [0.1, 0.15) is 12.4 Å². The predicted octanol–water partition coefficient (Wildman–Crippen LogP) is 3.63. The molecule has 1 aromatic carbocycles. The monoisotopic (exact) mass is 425 g/mol. The average Bonchev–Trinajstić information content (AvgIpc) is 3.08. The van der Waals surface area contributed by atoms with E-state index in [4.69, 9.17) is 11.6 Å². The highest BCUT2D eigenvalue weighted by molar-refractivity contribution is 9.10. The van der Waals surface area contributed by atoms with Crippen LogP contribution in [0.1, 0.15) is 11.3 Å². The van der Waals surface area contributed by atoms with Crippen LogP contribution >= 0.6 is 27.5 Å². The van der Waals surface area contributed by atoms with Gasteiger partial charge in [-0.2, -0.15) is 10.2 Å². The Morgan fingerprint density at radius 3 is 2.88 bits per heavy atom. The van der Waals surface area contributed by atoms with Gasteiger partial charge in [0.2, 0.25) is 5.91 Å². The van der Waals surface area contributed by atoms with Crippen LogP contribution in [0.25, 0.3) is 0 Å². The van der Waals surface area contributed by atoms with Crippen LogP contribution in [0.2, 0.25) is 5.02 Å². The van der Waals surface area contributed by atoms with Crippen molar-refractivity contribution in [2.24, 2.45) is 0 Å². The first kappa shape index (κ1) is 17.6. The summed E-state index contributed by atoms with van der Waals surface area (Å²) < 4.78 is 17.1. The predicted molar refractivity (Wildman–Crippen MR) is 96.0 cm³/mol. The first-order valence-electron chi connectivity index (χ1n) is 7.37. The van der Waals surface area contributed by atoms with Crippen molar-refractivity contribution in [1.29, 1.82) is 0 Å². The minimum atomic E-state index is -0.385. The summed E-state index contributed by atoms with van der Waals surface area (Å²) in [6, 6.07) is 5.99. The third-order valence-electron chi connectivity index (χ3n) is 3.49. The summed E-state index contributed by atoms with van der Waals surface area (Å²) in [6.45, 7) is 2.33. The number of amides is 1. The molecule has 1 amide bonds. The molecular weight excluding hydrogens is 413 g/mol. The molecule has 0 saturated heterocycles. The highest BCUT2D eigenvalue weighted by atomic mass is 79.9. The van der Waals surface area contributed by atoms with E-state index < -0.39 is 0 Å². The molecule has 25 heavy (non-hydrogen) atoms. The number of aryl methyl sites for hydroxylation is 1. The van der Waals surface area contributed by atoms with Gasteiger partial charge in [-0.25, -0.2) is 4.39 Å². The Kier molecular flexibility index (Phi) is 5.19. The van der Waals surface area contributed by atoms with Crippen LogP contribution in [0.3, 0.4) is 0 Å². The van der Waals surface area contributed by atoms with Crippen LogP contribution in [0.5, 0.6) is 0 Å². The van der Waals surface area contributed by atoms with E-state index in [9.17, 15) is 9.18 Å². The third kappa shape index (κ3) is 4.46. The minimum absolute atomic E-state index is 0.0846. The lowest BCUT2D eigenvalue weighted by atomic mass is 10.2. The van der Waals surface area contributed by atoms with Gasteiger partial charge >= 0.3 is 0 Å². The largest absolute Gasteiger partial charge is 0.308 e. The molecule has 0 bridgehead atoms. The maximum absolute atomic E-state index is 13.1. The number of anilines is 1. The standard InChI is InChI=1S/C16H14BrClFN5O/c1-10-4-15(21-16(25)9-23-8-12(17)6-20-23)22-24(10)7-11-2-3-13(19)5-14(11)18/h2-6,8H,7,9H2,1H3,(H,21,22,25). The van der Waals surface area contributed by atoms with Crippen molar-refractivity contribution in [3.8, 4) is 0 Å². The van der Waals surface area contributed by atoms with E-state index in [1.54, 1.807) is 29.2 Å². The zero-order valence-corrected chi connectivity index (χ0v) is 15.6. The lowest BCUT2D eigenvalue weighted by Gasteiger charge is -2.07. The normalized spacial score (nSPS) is 10.9. The molecule has 0 fully saturated rings. The molecule has 3 rings (SSSR count). The summed E-state index contributed by atoms with van der Waals surface area (Å²) in [5, 5.41) is 11.4. The number of aromatic nitrogens is 4. The van der Waals surface area contributed by atoms with Crippen molar-refractivity contribution >= 4 is 39.3 Å². The van der Waals surface area contributed by atoms with Gasteiger partial charge in [-0.15, -0.1) is 0 Å². The molecule has 0 saturated carbocycles. The number of halogens is 3. The highest BCUT2D eigenvalue weighted by Crippen LogP contribution is 2.19. The number of nitrogens with zero attached hydrogens (tertiary/aromatic N) is 4. The molecule has 3 aromatic rings. The molecular formula is C16H14BrClFN5O. The SMILES string of the molecule is Cc1cc(NC(=O)Cn2cc(Br)cn2)nn1Cc1ccc(F)cc1Cl. The van der Waals surface area contributed by atoms with E-state index in [1.807, 2.05) is 6.92 Å². The molecule has 2 heterocycles. The molecule has 0 aliphatic heterocycles. The third-order valence-corrected chi connectivity index (χ3v) is 4.25. The number of hydrogen-bond donors (Lipinski definition) is 1. The van der Waals surface area contributed by atoms with Crippen molar-refractivity contribution in [3.05, 3.63) is 63.2 Å². The van der Waals surface area contributed by atoms with Gasteiger partial charge in [0, 0.05) is 23.0 Å². The van der Waals surface area contributed by atoms with Crippen molar-refractivity contribution < 1.29 is 9.18 Å². The van der Waals surface area contributed by atoms with Crippen LogP contribution in [-0.4, -0.2) is 25.5 Å². The van der Waals surface area contributed by atoms with Crippen molar-refractivity contribution in [2.45, 2.75) is 20.0 Å². The Bertz CT molecular complexity index is 923. The molecule has 0 aliphatic carbocycles. The molecule has 9 heteroatoms. The van der Waals surface area contributed by atoms with Crippen LogP contribution in [0.15, 0.2) is 41.1 Å². The summed E-state index contributed by atoms with van der Waals surface area (Å²) in [5.41, 5.74) is 1.59. The van der Waals surface area contributed by atoms with Gasteiger partial charge in [-0.05, 0) is 40.5 Å². The molecule has 0 spiro atoms. The lowest BCUT2D eigenvalue weighted by Crippen LogP contribution is -2.19. The Balaban J connectivity index is 1.68. The van der Waals surface area contributed by atoms with Gasteiger partial charge in [0.25, 0.3) is 0 Å². The maximum atomic E-state index is 13.1. The van der Waals surface area contributed by atoms with Crippen molar-refractivity contribution in [2.75, 3.05) is 5.32 Å². The Hall–Kier alpha value is -2.19. The second-order valence-electron chi connectivity index (χ2n) is 5.47. The summed E-state index contributed by atoms with van der Waals surface area (Å²) in [4.78, 5) is 12.1. The fraction of sp³-hybridized carbons (Fsp3) is 0.188. The zero-order chi connectivity index (χ0) is 18.0. The highest BCUT2D eigenvalue weighted by Gasteiger charge is 2.11. The molecule has 130 valence electrons. The van der Waals surface area contributed by atoms with Gasteiger partial charge in [0.15, 0.2) is 5.82 Å². The smallest absolute Gasteiger partial charge is 0.247 e. The minimum Gasteiger partial charge on any atom is -0.308 e. The summed E-state index contributed by atoms with van der Waals surface area (Å²) in [7, 11) is 0. The van der Waals surface area contributed by atoms with Crippen LogP contribution in [0, 0.1) is 12.7 Å². The second kappa shape index (κ2) is 7.37. The Morgan fingerprint density at radius 2 is 2.20 bits per heavy atom. The summed E-state index contributed by atoms with van der Waals surface area (Å²) >= 11 is 9.33. The Morgan fingerprint density at radius 1 is 1.40 bits per heavy atom. The van der Waals surface area contributed by atoms with Crippen LogP contribution < -0.4 is 5.32 Å². The maximum Gasteiger partial charge on any atom is 0.247 e. The van der Waals surface area contributed by atoms with E-state index in [0.717, 1.165) is 15.7 Å². The van der Waals surface area contributed by atoms with Crippen LogP contribution in [-0.2, 0) is 17.9 Å². The van der Waals surface area contributed by atoms with Gasteiger partial charge in [-0.3, -0.25) is 14.2 Å². The fourth-order valence-electron chi connectivity index (χ4n) is 2.30. The number of nitrogens with one attached hydrogen (secondary N) is 1. The van der Waals surface area contributed by atoms with Gasteiger partial charge in [-0.1, -0.05) is 17.7 Å². The zero-order valence-electron chi connectivity index (χ0n) is 13.2. The first-order chi connectivity index (χ1) is 11.9. The lowest BCUT2D eigenvalue weighted by molar-refractivity contribution is -0.116. The van der Waals surface area contributed by atoms with E-state index in [0.29, 0.717) is 17.4 Å². The second-order valence-corrected chi connectivity index (χ2v) is 6.79. The van der Waals surface area contributed by atoms with E-state index in [2.05, 4.69) is 31.4 Å². The molecule has 0 radical (unpaired) electrons. The van der Waals surface area contributed by atoms with Gasteiger partial charge in [0.05, 0.1) is 17.2 Å². The van der Waals surface area contributed by atoms with Crippen molar-refractivity contribution in [3.63, 3.8) is 0 Å². The van der Waals surface area contributed by atoms with Crippen molar-refractivity contribution in [1.82, 2.24) is 19.6 Å². The number of hydrogen-bond acceptors (Lipinski definition) is 3. The summed E-state index contributed by atoms with van der Waals surface area (Å²) in [6.07, 6.45) is 3.32. The molecule has 1 N–H and O–H groups in total. The molecule has 0 aliphatic rings. The quantitative estimate of drug-likeness (QED) is 0.677. The van der Waals surface area contributed by atoms with E-state index in [1.165, 1.54) is 16.8 Å². The number of benzene rings is 1.